The van der Waals surface area contributed by atoms with Crippen LogP contribution in [0.3, 0.4) is 0 Å². The fraction of sp³-hybridized carbons (Fsp3) is 0.750. The molecule has 0 spiro atoms. The summed E-state index contributed by atoms with van der Waals surface area (Å²) >= 11 is 0. The average Bonchev–Trinajstić information content (AvgIpc) is 2.26. The summed E-state index contributed by atoms with van der Waals surface area (Å²) in [5.41, 5.74) is 6.60. The van der Waals surface area contributed by atoms with Crippen molar-refractivity contribution < 1.29 is 9.53 Å². The van der Waals surface area contributed by atoms with Gasteiger partial charge in [0.25, 0.3) is 0 Å². The van der Waals surface area contributed by atoms with Crippen LogP contribution in [0.2, 0.25) is 0 Å². The molecule has 0 aromatic rings. The molecule has 0 aromatic heterocycles. The normalized spacial score (nSPS) is 12.2. The summed E-state index contributed by atoms with van der Waals surface area (Å²) in [5.74, 6) is 0.0794. The van der Waals surface area contributed by atoms with E-state index in [-0.39, 0.29) is 11.9 Å². The number of carbonyl (C=O) groups is 1. The van der Waals surface area contributed by atoms with Crippen molar-refractivity contribution in [1.29, 1.82) is 0 Å². The Labute approximate surface area is 104 Å². The highest BCUT2D eigenvalue weighted by Gasteiger charge is 2.12. The Hall–Kier alpha value is -0.910. The number of hydrogen-bond acceptors (Lipinski definition) is 4. The lowest BCUT2D eigenvalue weighted by molar-refractivity contribution is -0.129. The van der Waals surface area contributed by atoms with Crippen LogP contribution < -0.4 is 11.1 Å². The topological polar surface area (TPSA) is 67.6 Å². The minimum Gasteiger partial charge on any atom is -0.376 e. The van der Waals surface area contributed by atoms with Gasteiger partial charge in [-0.2, -0.15) is 0 Å². The van der Waals surface area contributed by atoms with Crippen LogP contribution >= 0.6 is 0 Å². The van der Waals surface area contributed by atoms with Crippen LogP contribution in [0.4, 0.5) is 0 Å². The second-order valence-corrected chi connectivity index (χ2v) is 4.39. The first-order valence-electron chi connectivity index (χ1n) is 5.83. The summed E-state index contributed by atoms with van der Waals surface area (Å²) in [4.78, 5) is 13.0. The Morgan fingerprint density at radius 2 is 2.18 bits per heavy atom. The minimum atomic E-state index is 0.0123. The van der Waals surface area contributed by atoms with E-state index >= 15 is 0 Å². The smallest absolute Gasteiger partial charge is 0.223 e. The highest BCUT2D eigenvalue weighted by Crippen LogP contribution is 1.94. The summed E-state index contributed by atoms with van der Waals surface area (Å²) in [6.45, 7) is 7.98. The molecule has 0 aliphatic heterocycles. The van der Waals surface area contributed by atoms with E-state index in [1.54, 1.807) is 19.0 Å². The van der Waals surface area contributed by atoms with Gasteiger partial charge in [0, 0.05) is 39.6 Å². The van der Waals surface area contributed by atoms with Crippen molar-refractivity contribution in [3.8, 4) is 0 Å². The lowest BCUT2D eigenvalue weighted by atomic mass is 10.2. The molecule has 0 aromatic carbocycles. The molecule has 0 rings (SSSR count). The van der Waals surface area contributed by atoms with E-state index in [0.29, 0.717) is 32.7 Å². The quantitative estimate of drug-likeness (QED) is 0.441. The molecule has 0 aliphatic carbocycles. The molecule has 0 aliphatic rings. The van der Waals surface area contributed by atoms with E-state index in [1.165, 1.54) is 0 Å². The molecule has 1 atom stereocenters. The van der Waals surface area contributed by atoms with Crippen LogP contribution in [0, 0.1) is 0 Å². The average molecular weight is 243 g/mol. The summed E-state index contributed by atoms with van der Waals surface area (Å²) < 4.78 is 5.34. The van der Waals surface area contributed by atoms with Gasteiger partial charge in [-0.05, 0) is 6.92 Å². The van der Waals surface area contributed by atoms with Crippen LogP contribution in [0.15, 0.2) is 12.2 Å². The van der Waals surface area contributed by atoms with Gasteiger partial charge in [0.15, 0.2) is 0 Å². The lowest BCUT2D eigenvalue weighted by Crippen LogP contribution is -2.41. The van der Waals surface area contributed by atoms with Crippen molar-refractivity contribution in [1.82, 2.24) is 10.2 Å². The first-order valence-corrected chi connectivity index (χ1v) is 5.83. The Morgan fingerprint density at radius 3 is 2.65 bits per heavy atom. The van der Waals surface area contributed by atoms with Gasteiger partial charge >= 0.3 is 0 Å². The van der Waals surface area contributed by atoms with Gasteiger partial charge in [0.1, 0.15) is 0 Å². The first-order chi connectivity index (χ1) is 7.97. The van der Waals surface area contributed by atoms with Gasteiger partial charge in [-0.15, -0.1) is 0 Å². The number of rotatable bonds is 9. The maximum Gasteiger partial charge on any atom is 0.223 e. The van der Waals surface area contributed by atoms with Gasteiger partial charge in [0.05, 0.1) is 13.2 Å². The summed E-state index contributed by atoms with van der Waals surface area (Å²) in [5, 5.41) is 3.20. The second kappa shape index (κ2) is 9.15. The molecule has 3 N–H and O–H groups in total. The van der Waals surface area contributed by atoms with Crippen LogP contribution in [0.1, 0.15) is 13.3 Å². The van der Waals surface area contributed by atoms with Crippen molar-refractivity contribution in [2.75, 3.05) is 40.4 Å². The highest BCUT2D eigenvalue weighted by molar-refractivity contribution is 5.76. The molecule has 0 fully saturated rings. The number of nitrogens with zero attached hydrogens (tertiary/aromatic N) is 1. The molecular formula is C12H25N3O2. The second-order valence-electron chi connectivity index (χ2n) is 4.39. The number of carbonyl (C=O) groups excluding carboxylic acids is 1. The SMILES string of the molecule is C=C(C)COCCNC(CN)CC(=O)N(C)C. The van der Waals surface area contributed by atoms with E-state index in [4.69, 9.17) is 10.5 Å². The van der Waals surface area contributed by atoms with Crippen LogP contribution in [0.5, 0.6) is 0 Å². The van der Waals surface area contributed by atoms with E-state index in [9.17, 15) is 4.79 Å². The van der Waals surface area contributed by atoms with Crippen molar-refractivity contribution >= 4 is 5.91 Å². The molecule has 1 unspecified atom stereocenters. The third-order valence-corrected chi connectivity index (χ3v) is 2.23. The zero-order chi connectivity index (χ0) is 13.3. The number of ether oxygens (including phenoxy) is 1. The number of amides is 1. The number of hydrogen-bond donors (Lipinski definition) is 2. The molecule has 1 amide bonds. The molecule has 0 heterocycles. The van der Waals surface area contributed by atoms with Crippen molar-refractivity contribution in [3.63, 3.8) is 0 Å². The predicted molar refractivity (Wildman–Crippen MR) is 69.8 cm³/mol. The molecular weight excluding hydrogens is 218 g/mol. The maximum absolute atomic E-state index is 11.5. The Morgan fingerprint density at radius 1 is 1.53 bits per heavy atom. The van der Waals surface area contributed by atoms with Crippen LogP contribution in [-0.4, -0.2) is 57.2 Å². The minimum absolute atomic E-state index is 0.0123. The van der Waals surface area contributed by atoms with Gasteiger partial charge < -0.3 is 20.7 Å². The zero-order valence-electron chi connectivity index (χ0n) is 11.2. The number of nitrogens with one attached hydrogen (secondary N) is 1. The lowest BCUT2D eigenvalue weighted by Gasteiger charge is -2.18. The van der Waals surface area contributed by atoms with E-state index in [1.807, 2.05) is 6.92 Å². The standard InChI is InChI=1S/C12H25N3O2/c1-10(2)9-17-6-5-14-11(8-13)7-12(16)15(3)4/h11,14H,1,5-9,13H2,2-4H3. The zero-order valence-corrected chi connectivity index (χ0v) is 11.2. The Balaban J connectivity index is 3.68. The Bertz CT molecular complexity index is 242. The van der Waals surface area contributed by atoms with Crippen molar-refractivity contribution in [2.24, 2.45) is 5.73 Å². The fourth-order valence-electron chi connectivity index (χ4n) is 1.21. The molecule has 5 nitrogen and oxygen atoms in total. The highest BCUT2D eigenvalue weighted by atomic mass is 16.5. The predicted octanol–water partition coefficient (Wildman–Crippen LogP) is -0.0257. The van der Waals surface area contributed by atoms with Gasteiger partial charge in [-0.3, -0.25) is 4.79 Å². The summed E-state index contributed by atoms with van der Waals surface area (Å²) in [6.07, 6.45) is 0.421. The third kappa shape index (κ3) is 8.85. The van der Waals surface area contributed by atoms with E-state index in [2.05, 4.69) is 11.9 Å². The largest absolute Gasteiger partial charge is 0.376 e. The molecule has 5 heteroatoms. The van der Waals surface area contributed by atoms with Crippen LogP contribution in [-0.2, 0) is 9.53 Å². The molecule has 100 valence electrons. The maximum atomic E-state index is 11.5. The van der Waals surface area contributed by atoms with Gasteiger partial charge in [-0.25, -0.2) is 0 Å². The van der Waals surface area contributed by atoms with Gasteiger partial charge in [-0.1, -0.05) is 12.2 Å². The molecule has 0 radical (unpaired) electrons. The fourth-order valence-corrected chi connectivity index (χ4v) is 1.21. The third-order valence-electron chi connectivity index (χ3n) is 2.23. The molecule has 17 heavy (non-hydrogen) atoms. The Kier molecular flexibility index (Phi) is 8.66. The molecule has 0 bridgehead atoms. The van der Waals surface area contributed by atoms with E-state index in [0.717, 1.165) is 5.57 Å². The summed E-state index contributed by atoms with van der Waals surface area (Å²) in [7, 11) is 3.48. The number of nitrogens with two attached hydrogens (primary N) is 1. The first kappa shape index (κ1) is 16.1. The molecule has 0 saturated carbocycles. The van der Waals surface area contributed by atoms with E-state index < -0.39 is 0 Å². The molecule has 0 saturated heterocycles. The summed E-state index contributed by atoms with van der Waals surface area (Å²) in [6, 6.07) is 0.0123. The van der Waals surface area contributed by atoms with Crippen LogP contribution in [0.25, 0.3) is 0 Å². The monoisotopic (exact) mass is 243 g/mol. The van der Waals surface area contributed by atoms with Crippen molar-refractivity contribution in [3.05, 3.63) is 12.2 Å². The van der Waals surface area contributed by atoms with Gasteiger partial charge in [0.2, 0.25) is 5.91 Å². The van der Waals surface area contributed by atoms with Crippen molar-refractivity contribution in [2.45, 2.75) is 19.4 Å².